The van der Waals surface area contributed by atoms with Crippen LogP contribution in [0.25, 0.3) is 10.9 Å². The van der Waals surface area contributed by atoms with Crippen LogP contribution in [0.1, 0.15) is 50.1 Å². The zero-order chi connectivity index (χ0) is 26.1. The molecule has 3 aromatic rings. The van der Waals surface area contributed by atoms with E-state index in [-0.39, 0.29) is 17.3 Å². The molecule has 1 fully saturated rings. The van der Waals surface area contributed by atoms with Crippen LogP contribution in [0.3, 0.4) is 0 Å². The Bertz CT molecular complexity index is 1210. The molecule has 0 unspecified atom stereocenters. The van der Waals surface area contributed by atoms with Crippen LogP contribution >= 0.6 is 0 Å². The normalized spacial score (nSPS) is 15.2. The van der Waals surface area contributed by atoms with Crippen LogP contribution in [0.2, 0.25) is 0 Å². The lowest BCUT2D eigenvalue weighted by Gasteiger charge is -2.14. The Labute approximate surface area is 207 Å². The molecule has 2 aromatic heterocycles. The minimum absolute atomic E-state index is 0.111. The molecule has 0 saturated carbocycles. The number of anilines is 2. The highest BCUT2D eigenvalue weighted by Gasteiger charge is 2.33. The summed E-state index contributed by atoms with van der Waals surface area (Å²) >= 11 is 0. The summed E-state index contributed by atoms with van der Waals surface area (Å²) in [6, 6.07) is 5.45. The summed E-state index contributed by atoms with van der Waals surface area (Å²) in [4.78, 5) is 23.4. The van der Waals surface area contributed by atoms with Gasteiger partial charge in [-0.25, -0.2) is 15.4 Å². The first-order valence-electron chi connectivity index (χ1n) is 12.1. The van der Waals surface area contributed by atoms with Gasteiger partial charge in [-0.1, -0.05) is 32.4 Å². The second-order valence-electron chi connectivity index (χ2n) is 8.10. The van der Waals surface area contributed by atoms with Crippen molar-refractivity contribution in [1.29, 1.82) is 0 Å². The SMILES string of the molecule is C1CCNCC1.CC.Nc1cc2nc(Cc3ccc(N4C=CCN4)nc3)[nH]c(=O)c2cc1C(F)(F)F. The van der Waals surface area contributed by atoms with E-state index >= 15 is 0 Å². The van der Waals surface area contributed by atoms with Crippen molar-refractivity contribution in [3.05, 3.63) is 70.0 Å². The predicted octanol–water partition coefficient (Wildman–Crippen LogP) is 4.13. The lowest BCUT2D eigenvalue weighted by atomic mass is 10.1. The van der Waals surface area contributed by atoms with Gasteiger partial charge in [0, 0.05) is 31.0 Å². The number of nitrogens with two attached hydrogens (primary N) is 1. The Kier molecular flexibility index (Phi) is 9.43. The highest BCUT2D eigenvalue weighted by atomic mass is 19.4. The molecule has 2 aliphatic heterocycles. The highest BCUT2D eigenvalue weighted by molar-refractivity contribution is 5.83. The zero-order valence-electron chi connectivity index (χ0n) is 20.5. The minimum Gasteiger partial charge on any atom is -0.398 e. The van der Waals surface area contributed by atoms with E-state index in [0.29, 0.717) is 11.6 Å². The van der Waals surface area contributed by atoms with E-state index in [2.05, 4.69) is 25.7 Å². The largest absolute Gasteiger partial charge is 0.418 e. The number of benzene rings is 1. The first kappa shape index (κ1) is 27.2. The number of halogens is 3. The van der Waals surface area contributed by atoms with Gasteiger partial charge in [0.1, 0.15) is 11.6 Å². The molecule has 0 bridgehead atoms. The number of nitrogen functional groups attached to an aromatic ring is 1. The number of aromatic amines is 1. The summed E-state index contributed by atoms with van der Waals surface area (Å²) < 4.78 is 39.0. The van der Waals surface area contributed by atoms with Crippen LogP contribution in [0.4, 0.5) is 24.7 Å². The molecule has 36 heavy (non-hydrogen) atoms. The summed E-state index contributed by atoms with van der Waals surface area (Å²) in [6.45, 7) is 7.23. The van der Waals surface area contributed by atoms with Gasteiger partial charge in [0.2, 0.25) is 0 Å². The van der Waals surface area contributed by atoms with Crippen LogP contribution in [0.5, 0.6) is 0 Å². The van der Waals surface area contributed by atoms with Crippen molar-refractivity contribution in [3.63, 3.8) is 0 Å². The smallest absolute Gasteiger partial charge is 0.398 e. The molecule has 0 atom stereocenters. The number of rotatable bonds is 3. The number of hydrazine groups is 1. The van der Waals surface area contributed by atoms with E-state index in [1.807, 2.05) is 38.3 Å². The Morgan fingerprint density at radius 2 is 1.86 bits per heavy atom. The summed E-state index contributed by atoms with van der Waals surface area (Å²) in [7, 11) is 0. The van der Waals surface area contributed by atoms with Crippen LogP contribution in [0.15, 0.2) is 47.5 Å². The van der Waals surface area contributed by atoms with Crippen molar-refractivity contribution in [2.75, 3.05) is 30.4 Å². The van der Waals surface area contributed by atoms with Gasteiger partial charge >= 0.3 is 6.18 Å². The fourth-order valence-electron chi connectivity index (χ4n) is 3.76. The van der Waals surface area contributed by atoms with Gasteiger partial charge in [-0.05, 0) is 49.7 Å². The quantitative estimate of drug-likeness (QED) is 0.398. The van der Waals surface area contributed by atoms with Gasteiger partial charge in [-0.2, -0.15) is 13.2 Å². The number of nitrogens with one attached hydrogen (secondary N) is 3. The Morgan fingerprint density at radius 1 is 1.11 bits per heavy atom. The predicted molar refractivity (Wildman–Crippen MR) is 137 cm³/mol. The Balaban J connectivity index is 0.000000390. The molecular weight excluding hydrogens is 471 g/mol. The molecule has 2 aliphatic rings. The first-order chi connectivity index (χ1) is 17.3. The first-order valence-corrected chi connectivity index (χ1v) is 12.1. The van der Waals surface area contributed by atoms with Gasteiger partial charge in [0.15, 0.2) is 0 Å². The number of hydrogen-bond donors (Lipinski definition) is 4. The third kappa shape index (κ3) is 7.05. The average Bonchev–Trinajstić information content (AvgIpc) is 3.41. The summed E-state index contributed by atoms with van der Waals surface area (Å²) in [5.74, 6) is 1.02. The second-order valence-corrected chi connectivity index (χ2v) is 8.10. The monoisotopic (exact) mass is 503 g/mol. The standard InChI is InChI=1S/C18H15F3N6O.C5H11N.C2H6/c19-18(20,21)12-7-11-14(8-13(12)22)25-15(26-17(11)28)6-10-2-3-16(23-9-10)27-5-1-4-24-27;1-2-4-6-5-3-1;1-2/h1-3,5,7-9,24H,4,6,22H2,(H,25,26,28);6H,1-5H2;1-2H3. The van der Waals surface area contributed by atoms with Gasteiger partial charge in [0.25, 0.3) is 5.56 Å². The maximum absolute atomic E-state index is 13.0. The maximum atomic E-state index is 13.0. The second kappa shape index (κ2) is 12.5. The Hall–Kier alpha value is -3.44. The van der Waals surface area contributed by atoms with Gasteiger partial charge < -0.3 is 16.0 Å². The van der Waals surface area contributed by atoms with Crippen LogP contribution in [0, 0.1) is 0 Å². The molecular formula is C25H32F3N7O. The fraction of sp³-hybridized carbons (Fsp3) is 0.400. The molecule has 0 spiro atoms. The number of aromatic nitrogens is 3. The third-order valence-corrected chi connectivity index (χ3v) is 5.50. The molecule has 5 N–H and O–H groups in total. The van der Waals surface area contributed by atoms with Crippen molar-refractivity contribution in [3.8, 4) is 0 Å². The topological polar surface area (TPSA) is 112 Å². The van der Waals surface area contributed by atoms with E-state index in [0.717, 1.165) is 24.2 Å². The van der Waals surface area contributed by atoms with Crippen molar-refractivity contribution < 1.29 is 13.2 Å². The van der Waals surface area contributed by atoms with Gasteiger partial charge in [-0.15, -0.1) is 0 Å². The van der Waals surface area contributed by atoms with E-state index in [4.69, 9.17) is 5.73 Å². The van der Waals surface area contributed by atoms with E-state index in [1.54, 1.807) is 11.2 Å². The molecule has 194 valence electrons. The van der Waals surface area contributed by atoms with Crippen LogP contribution in [-0.2, 0) is 12.6 Å². The average molecular weight is 504 g/mol. The summed E-state index contributed by atoms with van der Waals surface area (Å²) in [5, 5.41) is 4.90. The number of piperidine rings is 1. The highest BCUT2D eigenvalue weighted by Crippen LogP contribution is 2.35. The maximum Gasteiger partial charge on any atom is 0.418 e. The minimum atomic E-state index is -4.64. The lowest BCUT2D eigenvalue weighted by Crippen LogP contribution is -2.28. The molecule has 4 heterocycles. The molecule has 1 saturated heterocycles. The molecule has 11 heteroatoms. The lowest BCUT2D eigenvalue weighted by molar-refractivity contribution is -0.136. The molecule has 0 aliphatic carbocycles. The van der Waals surface area contributed by atoms with Gasteiger partial charge in [-0.3, -0.25) is 9.80 Å². The number of H-pyrrole nitrogens is 1. The third-order valence-electron chi connectivity index (χ3n) is 5.50. The van der Waals surface area contributed by atoms with Crippen LogP contribution in [-0.4, -0.2) is 34.6 Å². The molecule has 0 amide bonds. The molecule has 0 radical (unpaired) electrons. The Morgan fingerprint density at radius 3 is 2.39 bits per heavy atom. The number of fused-ring (bicyclic) bond motifs is 1. The number of hydrogen-bond acceptors (Lipinski definition) is 7. The van der Waals surface area contributed by atoms with Crippen molar-refractivity contribution in [2.24, 2.45) is 0 Å². The number of pyridine rings is 1. The molecule has 5 rings (SSSR count). The summed E-state index contributed by atoms with van der Waals surface area (Å²) in [5.41, 5.74) is 7.33. The number of alkyl halides is 3. The fourth-order valence-corrected chi connectivity index (χ4v) is 3.76. The molecule has 8 nitrogen and oxygen atoms in total. The van der Waals surface area contributed by atoms with E-state index < -0.39 is 23.0 Å². The van der Waals surface area contributed by atoms with Crippen molar-refractivity contribution in [1.82, 2.24) is 25.7 Å². The van der Waals surface area contributed by atoms with Crippen molar-refractivity contribution in [2.45, 2.75) is 45.7 Å². The molecule has 1 aromatic carbocycles. The number of nitrogens with zero attached hydrogens (tertiary/aromatic N) is 3. The van der Waals surface area contributed by atoms with E-state index in [1.165, 1.54) is 32.4 Å². The van der Waals surface area contributed by atoms with Crippen LogP contribution < -0.4 is 27.0 Å². The zero-order valence-corrected chi connectivity index (χ0v) is 20.5. The van der Waals surface area contributed by atoms with Gasteiger partial charge in [0.05, 0.1) is 16.5 Å². The van der Waals surface area contributed by atoms with E-state index in [9.17, 15) is 18.0 Å². The summed E-state index contributed by atoms with van der Waals surface area (Å²) in [6.07, 6.45) is 5.31. The van der Waals surface area contributed by atoms with Crippen molar-refractivity contribution >= 4 is 22.4 Å².